The summed E-state index contributed by atoms with van der Waals surface area (Å²) in [6.45, 7) is 0. The maximum absolute atomic E-state index is 13.6. The molecule has 1 fully saturated rings. The Kier molecular flexibility index (Phi) is 6.57. The van der Waals surface area contributed by atoms with Gasteiger partial charge < -0.3 is 30.7 Å². The number of nitrogen functional groups attached to an aromatic ring is 1. The Bertz CT molecular complexity index is 1450. The predicted molar refractivity (Wildman–Crippen MR) is 137 cm³/mol. The fourth-order valence-electron chi connectivity index (χ4n) is 4.00. The molecule has 1 saturated carbocycles. The third kappa shape index (κ3) is 5.43. The number of hydrogen-bond acceptors (Lipinski definition) is 10. The molecule has 0 aliphatic heterocycles. The third-order valence-electron chi connectivity index (χ3n) is 6.11. The highest BCUT2D eigenvalue weighted by molar-refractivity contribution is 5.82. The minimum Gasteiger partial charge on any atom is -0.491 e. The van der Waals surface area contributed by atoms with E-state index in [1.54, 1.807) is 25.4 Å². The average molecular weight is 509 g/mol. The van der Waals surface area contributed by atoms with Crippen LogP contribution in [0.1, 0.15) is 12.8 Å². The molecule has 0 saturated heterocycles. The van der Waals surface area contributed by atoms with E-state index in [1.165, 1.54) is 12.3 Å². The Labute approximate surface area is 211 Å². The summed E-state index contributed by atoms with van der Waals surface area (Å²) in [5, 5.41) is 6.56. The van der Waals surface area contributed by atoms with E-state index < -0.39 is 11.6 Å². The summed E-state index contributed by atoms with van der Waals surface area (Å²) in [7, 11) is 5.66. The van der Waals surface area contributed by atoms with Crippen LogP contribution in [0.2, 0.25) is 0 Å². The summed E-state index contributed by atoms with van der Waals surface area (Å²) in [5.74, 6) is -0.199. The van der Waals surface area contributed by atoms with Gasteiger partial charge >= 0.3 is 0 Å². The number of benzene rings is 1. The molecule has 4 aromatic rings. The normalized spacial score (nSPS) is 16.9. The number of anilines is 5. The fraction of sp³-hybridized carbons (Fsp3) is 0.280. The van der Waals surface area contributed by atoms with Crippen LogP contribution in [0.15, 0.2) is 42.7 Å². The first-order valence-corrected chi connectivity index (χ1v) is 11.6. The van der Waals surface area contributed by atoms with Gasteiger partial charge in [0, 0.05) is 42.5 Å². The molecule has 0 unspecified atom stereocenters. The number of nitrogens with zero attached hydrogens (tertiary/aromatic N) is 5. The number of rotatable bonds is 8. The lowest BCUT2D eigenvalue weighted by Gasteiger charge is -2.39. The van der Waals surface area contributed by atoms with E-state index in [9.17, 15) is 8.78 Å². The quantitative estimate of drug-likeness (QED) is 0.318. The lowest BCUT2D eigenvalue weighted by atomic mass is 9.88. The number of fused-ring (bicyclic) bond motifs is 1. The lowest BCUT2D eigenvalue weighted by Crippen LogP contribution is -2.46. The van der Waals surface area contributed by atoms with Crippen molar-refractivity contribution in [3.05, 3.63) is 54.4 Å². The van der Waals surface area contributed by atoms with E-state index in [-0.39, 0.29) is 17.9 Å². The molecule has 5 rings (SSSR count). The second kappa shape index (κ2) is 9.97. The van der Waals surface area contributed by atoms with Crippen LogP contribution >= 0.6 is 0 Å². The Morgan fingerprint density at radius 2 is 1.68 bits per heavy atom. The van der Waals surface area contributed by atoms with Gasteiger partial charge in [0.25, 0.3) is 5.88 Å². The van der Waals surface area contributed by atoms with Crippen molar-refractivity contribution in [1.82, 2.24) is 24.8 Å². The minimum atomic E-state index is -0.952. The van der Waals surface area contributed by atoms with Crippen molar-refractivity contribution < 1.29 is 18.3 Å². The highest BCUT2D eigenvalue weighted by Gasteiger charge is 2.33. The van der Waals surface area contributed by atoms with E-state index in [4.69, 9.17) is 15.2 Å². The van der Waals surface area contributed by atoms with Crippen LogP contribution in [0.5, 0.6) is 11.6 Å². The van der Waals surface area contributed by atoms with Crippen LogP contribution in [0.25, 0.3) is 10.9 Å². The molecule has 192 valence electrons. The number of aromatic nitrogens is 4. The highest BCUT2D eigenvalue weighted by Crippen LogP contribution is 2.34. The molecule has 3 aromatic heterocycles. The summed E-state index contributed by atoms with van der Waals surface area (Å²) >= 11 is 0. The van der Waals surface area contributed by atoms with Crippen LogP contribution in [-0.4, -0.2) is 58.2 Å². The van der Waals surface area contributed by atoms with Crippen molar-refractivity contribution in [1.29, 1.82) is 0 Å². The zero-order chi connectivity index (χ0) is 26.1. The van der Waals surface area contributed by atoms with Crippen LogP contribution in [0.3, 0.4) is 0 Å². The predicted octanol–water partition coefficient (Wildman–Crippen LogP) is 4.25. The topological polar surface area (TPSA) is 123 Å². The van der Waals surface area contributed by atoms with Gasteiger partial charge in [0.2, 0.25) is 5.95 Å². The second-order valence-electron chi connectivity index (χ2n) is 8.99. The monoisotopic (exact) mass is 508 g/mol. The maximum Gasteiger partial charge on any atom is 0.257 e. The van der Waals surface area contributed by atoms with Crippen LogP contribution in [0.4, 0.5) is 37.7 Å². The summed E-state index contributed by atoms with van der Waals surface area (Å²) in [6, 6.07) is 7.55. The van der Waals surface area contributed by atoms with E-state index in [0.717, 1.165) is 25.0 Å². The van der Waals surface area contributed by atoms with Crippen molar-refractivity contribution in [2.75, 3.05) is 37.6 Å². The summed E-state index contributed by atoms with van der Waals surface area (Å²) < 4.78 is 38.6. The van der Waals surface area contributed by atoms with Gasteiger partial charge in [-0.1, -0.05) is 0 Å². The minimum absolute atomic E-state index is 0.0959. The Morgan fingerprint density at radius 3 is 2.43 bits per heavy atom. The third-order valence-corrected chi connectivity index (χ3v) is 6.11. The zero-order valence-corrected chi connectivity index (χ0v) is 20.5. The van der Waals surface area contributed by atoms with Crippen molar-refractivity contribution >= 4 is 39.9 Å². The van der Waals surface area contributed by atoms with E-state index >= 15 is 0 Å². The molecule has 4 N–H and O–H groups in total. The smallest absolute Gasteiger partial charge is 0.257 e. The first-order chi connectivity index (χ1) is 17.8. The molecule has 0 amide bonds. The van der Waals surface area contributed by atoms with E-state index in [2.05, 4.69) is 49.6 Å². The van der Waals surface area contributed by atoms with Gasteiger partial charge in [0.15, 0.2) is 17.4 Å². The van der Waals surface area contributed by atoms with Gasteiger partial charge in [-0.2, -0.15) is 9.97 Å². The van der Waals surface area contributed by atoms with Crippen LogP contribution in [0, 0.1) is 11.6 Å². The first-order valence-electron chi connectivity index (χ1n) is 11.6. The summed E-state index contributed by atoms with van der Waals surface area (Å²) in [4.78, 5) is 19.4. The molecule has 3 heterocycles. The molecule has 0 atom stereocenters. The van der Waals surface area contributed by atoms with E-state index in [1.807, 2.05) is 0 Å². The number of ether oxygens (including phenoxy) is 2. The van der Waals surface area contributed by atoms with Gasteiger partial charge in [0.1, 0.15) is 17.7 Å². The van der Waals surface area contributed by atoms with Gasteiger partial charge in [-0.15, -0.1) is 0 Å². The Hall–Kier alpha value is -4.32. The fourth-order valence-corrected chi connectivity index (χ4v) is 4.00. The first kappa shape index (κ1) is 24.4. The largest absolute Gasteiger partial charge is 0.491 e. The number of halogens is 2. The van der Waals surface area contributed by atoms with Gasteiger partial charge in [-0.3, -0.25) is 4.98 Å². The molecule has 1 aliphatic rings. The SMILES string of the molecule is COc1cc(Nc2nc(N)cc(Nc3cnc4cc(F)c(F)cc4c3)n2)cnc1OC1CC(N(C)C)C1. The van der Waals surface area contributed by atoms with Crippen molar-refractivity contribution in [3.63, 3.8) is 0 Å². The second-order valence-corrected chi connectivity index (χ2v) is 8.99. The molecule has 1 aromatic carbocycles. The maximum atomic E-state index is 13.6. The highest BCUT2D eigenvalue weighted by atomic mass is 19.2. The number of hydrogen-bond donors (Lipinski definition) is 3. The molecule has 0 spiro atoms. The molecule has 0 radical (unpaired) electrons. The molecule has 12 heteroatoms. The standard InChI is InChI=1S/C25H26F2N8O2/c1-35(2)16-7-17(8-16)37-24-21(36-3)6-15(12-30-24)32-25-33-22(28)10-23(34-25)31-14-4-13-5-18(26)19(27)9-20(13)29-11-14/h4-6,9-12,16-17H,7-8H2,1-3H3,(H4,28,31,32,33,34). The van der Waals surface area contributed by atoms with Crippen LogP contribution < -0.4 is 25.8 Å². The molecule has 10 nitrogen and oxygen atoms in total. The zero-order valence-electron chi connectivity index (χ0n) is 20.5. The number of pyridine rings is 2. The van der Waals surface area contributed by atoms with Crippen molar-refractivity contribution in [2.24, 2.45) is 0 Å². The Balaban J connectivity index is 1.30. The molecular weight excluding hydrogens is 482 g/mol. The van der Waals surface area contributed by atoms with Gasteiger partial charge in [-0.25, -0.2) is 13.8 Å². The van der Waals surface area contributed by atoms with E-state index in [0.29, 0.717) is 45.8 Å². The van der Waals surface area contributed by atoms with Crippen molar-refractivity contribution in [3.8, 4) is 11.6 Å². The molecular formula is C25H26F2N8O2. The molecule has 1 aliphatic carbocycles. The van der Waals surface area contributed by atoms with Gasteiger partial charge in [0.05, 0.1) is 36.4 Å². The summed E-state index contributed by atoms with van der Waals surface area (Å²) in [6.07, 6.45) is 5.05. The van der Waals surface area contributed by atoms with Crippen LogP contribution in [-0.2, 0) is 0 Å². The number of nitrogens with one attached hydrogen (secondary N) is 2. The molecule has 0 bridgehead atoms. The average Bonchev–Trinajstić information content (AvgIpc) is 2.82. The summed E-state index contributed by atoms with van der Waals surface area (Å²) in [5.41, 5.74) is 7.40. The Morgan fingerprint density at radius 1 is 0.946 bits per heavy atom. The number of methoxy groups -OCH3 is 1. The molecule has 37 heavy (non-hydrogen) atoms. The van der Waals surface area contributed by atoms with Crippen molar-refractivity contribution in [2.45, 2.75) is 25.0 Å². The lowest BCUT2D eigenvalue weighted by molar-refractivity contribution is 0.0351. The van der Waals surface area contributed by atoms with Gasteiger partial charge in [-0.05, 0) is 26.2 Å². The number of nitrogens with two attached hydrogens (primary N) is 1.